The lowest BCUT2D eigenvalue weighted by Gasteiger charge is -2.04. The van der Waals surface area contributed by atoms with Crippen molar-refractivity contribution < 1.29 is 27.5 Å². The van der Waals surface area contributed by atoms with Gasteiger partial charge in [0.15, 0.2) is 17.3 Å². The van der Waals surface area contributed by atoms with Gasteiger partial charge in [0, 0.05) is 11.8 Å². The minimum atomic E-state index is -3.67. The van der Waals surface area contributed by atoms with Crippen LogP contribution in [0.3, 0.4) is 0 Å². The number of rotatable bonds is 2. The summed E-state index contributed by atoms with van der Waals surface area (Å²) in [6.07, 6.45) is -2.32. The van der Waals surface area contributed by atoms with Gasteiger partial charge in [0.1, 0.15) is 0 Å². The lowest BCUT2D eigenvalue weighted by Crippen LogP contribution is -2.25. The van der Waals surface area contributed by atoms with E-state index in [0.29, 0.717) is 5.69 Å². The number of amides is 1. The van der Waals surface area contributed by atoms with Crippen LogP contribution in [-0.2, 0) is 0 Å². The summed E-state index contributed by atoms with van der Waals surface area (Å²) in [5, 5.41) is 2.49. The van der Waals surface area contributed by atoms with Gasteiger partial charge in [-0.3, -0.25) is 4.79 Å². The van der Waals surface area contributed by atoms with Crippen molar-refractivity contribution in [3.8, 4) is 11.5 Å². The molecule has 1 aromatic heterocycles. The molecule has 0 fully saturated rings. The summed E-state index contributed by atoms with van der Waals surface area (Å²) in [5.41, 5.74) is 0.293. The maximum atomic E-state index is 12.8. The molecule has 7 heteroatoms. The lowest BCUT2D eigenvalue weighted by molar-refractivity contribution is -0.286. The molecule has 1 aromatic carbocycles. The number of furan rings is 1. The molecule has 3 rings (SSSR count). The Kier molecular flexibility index (Phi) is 2.41. The van der Waals surface area contributed by atoms with Crippen LogP contribution in [0.5, 0.6) is 11.5 Å². The summed E-state index contributed by atoms with van der Waals surface area (Å²) >= 11 is 0. The van der Waals surface area contributed by atoms with E-state index in [4.69, 9.17) is 4.42 Å². The highest BCUT2D eigenvalue weighted by atomic mass is 19.3. The second-order valence-electron chi connectivity index (χ2n) is 3.76. The number of nitrogens with one attached hydrogen (secondary N) is 1. The van der Waals surface area contributed by atoms with E-state index >= 15 is 0 Å². The summed E-state index contributed by atoms with van der Waals surface area (Å²) in [7, 11) is 0. The summed E-state index contributed by atoms with van der Waals surface area (Å²) in [6, 6.07) is 7.00. The molecule has 1 aliphatic rings. The van der Waals surface area contributed by atoms with E-state index in [1.165, 1.54) is 30.5 Å². The first-order valence-electron chi connectivity index (χ1n) is 5.28. The number of carbonyl (C=O) groups is 1. The number of ether oxygens (including phenoxy) is 2. The van der Waals surface area contributed by atoms with Crippen LogP contribution < -0.4 is 14.8 Å². The second kappa shape index (κ2) is 3.98. The molecule has 1 aliphatic heterocycles. The summed E-state index contributed by atoms with van der Waals surface area (Å²) < 4.78 is 39.0. The summed E-state index contributed by atoms with van der Waals surface area (Å²) in [5.74, 6) is -0.595. The zero-order chi connectivity index (χ0) is 13.5. The zero-order valence-corrected chi connectivity index (χ0v) is 9.35. The minimum absolute atomic E-state index is 0.0824. The maximum absolute atomic E-state index is 12.8. The zero-order valence-electron chi connectivity index (χ0n) is 9.35. The molecule has 1 amide bonds. The first-order chi connectivity index (χ1) is 9.03. The molecule has 0 spiro atoms. The molecule has 0 saturated heterocycles. The predicted molar refractivity (Wildman–Crippen MR) is 59.3 cm³/mol. The fourth-order valence-electron chi connectivity index (χ4n) is 1.63. The molecule has 1 N–H and O–H groups in total. The number of anilines is 1. The topological polar surface area (TPSA) is 60.7 Å². The van der Waals surface area contributed by atoms with E-state index in [1.807, 2.05) is 0 Å². The molecule has 0 saturated carbocycles. The largest absolute Gasteiger partial charge is 0.586 e. The van der Waals surface area contributed by atoms with Crippen LogP contribution in [0.15, 0.2) is 41.0 Å². The quantitative estimate of drug-likeness (QED) is 0.908. The van der Waals surface area contributed by atoms with Crippen LogP contribution in [0.25, 0.3) is 0 Å². The third-order valence-corrected chi connectivity index (χ3v) is 2.40. The number of hydrogen-bond acceptors (Lipinski definition) is 4. The molecule has 98 valence electrons. The molecule has 0 bridgehead atoms. The van der Waals surface area contributed by atoms with Crippen LogP contribution in [0.1, 0.15) is 10.6 Å². The highest BCUT2D eigenvalue weighted by Crippen LogP contribution is 2.42. The Morgan fingerprint density at radius 1 is 1.16 bits per heavy atom. The van der Waals surface area contributed by atoms with Crippen molar-refractivity contribution in [3.05, 3.63) is 42.4 Å². The third kappa shape index (κ3) is 2.22. The molecule has 5 nitrogen and oxygen atoms in total. The van der Waals surface area contributed by atoms with Crippen molar-refractivity contribution in [2.45, 2.75) is 6.29 Å². The van der Waals surface area contributed by atoms with Gasteiger partial charge in [-0.1, -0.05) is 0 Å². The fraction of sp³-hybridized carbons (Fsp3) is 0.0833. The molecular formula is C12H7F2NO4. The number of carbonyl (C=O) groups excluding carboxylic acids is 1. The number of fused-ring (bicyclic) bond motifs is 1. The van der Waals surface area contributed by atoms with E-state index < -0.39 is 12.2 Å². The van der Waals surface area contributed by atoms with Gasteiger partial charge in [-0.25, -0.2) is 0 Å². The molecule has 0 radical (unpaired) electrons. The number of benzene rings is 1. The molecule has 2 aromatic rings. The molecule has 0 aliphatic carbocycles. The Balaban J connectivity index is 1.79. The molecule has 2 heterocycles. The van der Waals surface area contributed by atoms with Crippen molar-refractivity contribution >= 4 is 11.6 Å². The van der Waals surface area contributed by atoms with Gasteiger partial charge in [0.2, 0.25) is 0 Å². The fourth-order valence-corrected chi connectivity index (χ4v) is 1.63. The van der Waals surface area contributed by atoms with E-state index in [-0.39, 0.29) is 17.3 Å². The van der Waals surface area contributed by atoms with Crippen LogP contribution in [0.4, 0.5) is 14.5 Å². The summed E-state index contributed by atoms with van der Waals surface area (Å²) in [6.45, 7) is 0. The van der Waals surface area contributed by atoms with Crippen LogP contribution in [-0.4, -0.2) is 12.2 Å². The standard InChI is InChI=1S/C12H7F2NO4/c13-12(14)18-8-4-3-7(6-10(8)19-12)15-11(16)9-2-1-5-17-9/h1-6H,(H,15,16). The van der Waals surface area contributed by atoms with Crippen molar-refractivity contribution in [1.29, 1.82) is 0 Å². The highest BCUT2D eigenvalue weighted by Gasteiger charge is 2.43. The van der Waals surface area contributed by atoms with Crippen LogP contribution >= 0.6 is 0 Å². The Hall–Kier alpha value is -2.57. The first-order valence-corrected chi connectivity index (χ1v) is 5.28. The normalized spacial score (nSPS) is 15.3. The van der Waals surface area contributed by atoms with E-state index in [0.717, 1.165) is 0 Å². The average Bonchev–Trinajstić information content (AvgIpc) is 2.93. The highest BCUT2D eigenvalue weighted by molar-refractivity contribution is 6.02. The average molecular weight is 267 g/mol. The number of alkyl halides is 2. The Labute approximate surface area is 105 Å². The summed E-state index contributed by atoms with van der Waals surface area (Å²) in [4.78, 5) is 11.7. The van der Waals surface area contributed by atoms with Gasteiger partial charge < -0.3 is 19.2 Å². The van der Waals surface area contributed by atoms with E-state index in [9.17, 15) is 13.6 Å². The molecule has 19 heavy (non-hydrogen) atoms. The van der Waals surface area contributed by atoms with Gasteiger partial charge in [-0.15, -0.1) is 8.78 Å². The van der Waals surface area contributed by atoms with Gasteiger partial charge in [0.25, 0.3) is 5.91 Å². The van der Waals surface area contributed by atoms with Gasteiger partial charge in [0.05, 0.1) is 6.26 Å². The molecule has 0 unspecified atom stereocenters. The third-order valence-electron chi connectivity index (χ3n) is 2.40. The van der Waals surface area contributed by atoms with Crippen LogP contribution in [0, 0.1) is 0 Å². The predicted octanol–water partition coefficient (Wildman–Crippen LogP) is 2.85. The first kappa shape index (κ1) is 11.5. The molecular weight excluding hydrogens is 260 g/mol. The Bertz CT molecular complexity index is 625. The smallest absolute Gasteiger partial charge is 0.459 e. The van der Waals surface area contributed by atoms with Crippen molar-refractivity contribution in [2.75, 3.05) is 5.32 Å². The minimum Gasteiger partial charge on any atom is -0.459 e. The van der Waals surface area contributed by atoms with Gasteiger partial charge >= 0.3 is 6.29 Å². The van der Waals surface area contributed by atoms with E-state index in [1.54, 1.807) is 6.07 Å². The maximum Gasteiger partial charge on any atom is 0.586 e. The number of halogens is 2. The van der Waals surface area contributed by atoms with Gasteiger partial charge in [-0.2, -0.15) is 0 Å². The SMILES string of the molecule is O=C(Nc1ccc2c(c1)OC(F)(F)O2)c1ccco1. The van der Waals surface area contributed by atoms with Crippen LogP contribution in [0.2, 0.25) is 0 Å². The number of hydrogen-bond donors (Lipinski definition) is 1. The second-order valence-corrected chi connectivity index (χ2v) is 3.76. The Morgan fingerprint density at radius 3 is 2.68 bits per heavy atom. The van der Waals surface area contributed by atoms with Gasteiger partial charge in [-0.05, 0) is 24.3 Å². The van der Waals surface area contributed by atoms with Crippen molar-refractivity contribution in [1.82, 2.24) is 0 Å². The lowest BCUT2D eigenvalue weighted by atomic mass is 10.2. The van der Waals surface area contributed by atoms with Crippen molar-refractivity contribution in [3.63, 3.8) is 0 Å². The van der Waals surface area contributed by atoms with Crippen molar-refractivity contribution in [2.24, 2.45) is 0 Å². The monoisotopic (exact) mass is 267 g/mol. The Morgan fingerprint density at radius 2 is 1.95 bits per heavy atom. The van der Waals surface area contributed by atoms with E-state index in [2.05, 4.69) is 14.8 Å². The molecule has 0 atom stereocenters.